The third-order valence-corrected chi connectivity index (χ3v) is 12.7. The largest absolute Gasteiger partial charge is 1.00 e. The summed E-state index contributed by atoms with van der Waals surface area (Å²) >= 11 is 0. The van der Waals surface area contributed by atoms with Crippen LogP contribution in [0.3, 0.4) is 0 Å². The Kier molecular flexibility index (Phi) is 25.8. The zero-order chi connectivity index (χ0) is 41.3. The Labute approximate surface area is 356 Å². The third kappa shape index (κ3) is 17.8. The van der Waals surface area contributed by atoms with E-state index in [1.165, 1.54) is 40.9 Å². The van der Waals surface area contributed by atoms with Gasteiger partial charge in [-0.15, -0.1) is 0 Å². The summed E-state index contributed by atoms with van der Waals surface area (Å²) in [5, 5.41) is 3.88. The SMILES string of the molecule is C.C1CCOC1.CCOC(=O)CC=Cc1ccc(F)c(F)c1.CCOC(=O)CC[P+](c1ccccc1)(c1ccccc1)c1ccccc1.O=Cc1ccc(F)c(F)c1.[Br-]. The topological polar surface area (TPSA) is 78.9 Å². The van der Waals surface area contributed by atoms with Gasteiger partial charge >= 0.3 is 11.9 Å². The van der Waals surface area contributed by atoms with Gasteiger partial charge in [-0.25, -0.2) is 17.6 Å². The number of benzene rings is 5. The summed E-state index contributed by atoms with van der Waals surface area (Å²) in [7, 11) is -1.93. The first-order chi connectivity index (χ1) is 27.6. The lowest BCUT2D eigenvalue weighted by molar-refractivity contribution is -0.143. The zero-order valence-corrected chi connectivity index (χ0v) is 35.0. The van der Waals surface area contributed by atoms with Gasteiger partial charge < -0.3 is 31.2 Å². The van der Waals surface area contributed by atoms with Crippen molar-refractivity contribution in [2.75, 3.05) is 32.6 Å². The molecule has 0 radical (unpaired) electrons. The van der Waals surface area contributed by atoms with Crippen molar-refractivity contribution < 1.29 is 63.1 Å². The van der Waals surface area contributed by atoms with Crippen LogP contribution < -0.4 is 32.9 Å². The van der Waals surface area contributed by atoms with Gasteiger partial charge in [0.1, 0.15) is 29.5 Å². The van der Waals surface area contributed by atoms with Crippen LogP contribution in [0.25, 0.3) is 6.08 Å². The second-order valence-corrected chi connectivity index (χ2v) is 15.9. The summed E-state index contributed by atoms with van der Waals surface area (Å²) in [5.74, 6) is -4.20. The molecule has 1 fully saturated rings. The van der Waals surface area contributed by atoms with E-state index < -0.39 is 30.5 Å². The van der Waals surface area contributed by atoms with Gasteiger partial charge in [0.15, 0.2) is 23.3 Å². The molecular weight excluding hydrogens is 847 g/mol. The van der Waals surface area contributed by atoms with Crippen molar-refractivity contribution in [3.8, 4) is 0 Å². The Morgan fingerprint density at radius 1 is 0.627 bits per heavy atom. The van der Waals surface area contributed by atoms with Gasteiger partial charge in [-0.3, -0.25) is 14.4 Å². The highest BCUT2D eigenvalue weighted by molar-refractivity contribution is 7.95. The number of hydrogen-bond donors (Lipinski definition) is 0. The molecule has 0 aromatic heterocycles. The maximum Gasteiger partial charge on any atom is 0.309 e. The predicted molar refractivity (Wildman–Crippen MR) is 226 cm³/mol. The molecule has 1 aliphatic rings. The van der Waals surface area contributed by atoms with Gasteiger partial charge in [-0.1, -0.05) is 80.2 Å². The lowest BCUT2D eigenvalue weighted by Crippen LogP contribution is -3.00. The van der Waals surface area contributed by atoms with Crippen LogP contribution in [0.2, 0.25) is 0 Å². The van der Waals surface area contributed by atoms with Gasteiger partial charge in [0.25, 0.3) is 0 Å². The Balaban J connectivity index is 0.000000448. The number of rotatable bonds is 12. The summed E-state index contributed by atoms with van der Waals surface area (Å²) in [6, 6.07) is 38.3. The van der Waals surface area contributed by atoms with Crippen molar-refractivity contribution >= 4 is 47.5 Å². The summed E-state index contributed by atoms with van der Waals surface area (Å²) in [4.78, 5) is 33.1. The molecular formula is C47H52BrF4O6P. The van der Waals surface area contributed by atoms with E-state index in [0.29, 0.717) is 31.5 Å². The molecule has 1 aliphatic heterocycles. The molecule has 6 nitrogen and oxygen atoms in total. The fourth-order valence-electron chi connectivity index (χ4n) is 5.60. The molecule has 59 heavy (non-hydrogen) atoms. The average Bonchev–Trinajstić information content (AvgIpc) is 3.84. The number of carbonyl (C=O) groups excluding carboxylic acids is 3. The number of carbonyl (C=O) groups is 3. The highest BCUT2D eigenvalue weighted by atomic mass is 79.9. The van der Waals surface area contributed by atoms with E-state index in [9.17, 15) is 31.9 Å². The molecule has 5 aromatic carbocycles. The van der Waals surface area contributed by atoms with Crippen LogP contribution in [0.5, 0.6) is 0 Å². The van der Waals surface area contributed by atoms with E-state index in [1.807, 2.05) is 25.1 Å². The summed E-state index contributed by atoms with van der Waals surface area (Å²) in [5.41, 5.74) is 0.641. The molecule has 0 unspecified atom stereocenters. The standard InChI is InChI=1S/C23H24O2P.C12H12F2O2.C7H4F2O.C4H8O.CH4.BrH/c1-2-25-23(24)18-19-26(20-12-6-3-7-13-20,21-14-8-4-9-15-21)22-16-10-5-11-17-22;1-2-16-12(15)5-3-4-9-6-7-10(13)11(14)8-9;8-6-2-1-5(4-10)3-7(6)9;1-2-4-5-3-1;;/h3-17H,2,18-19H2,1H3;3-4,6-8H,2,5H2,1H3;1-4H;1-4H2;1H4;1H/q+1;;;;;/p-1. The third-order valence-electron chi connectivity index (χ3n) is 8.30. The van der Waals surface area contributed by atoms with Crippen LogP contribution in [-0.4, -0.2) is 50.8 Å². The second-order valence-electron chi connectivity index (χ2n) is 12.3. The molecule has 6 rings (SSSR count). The fourth-order valence-corrected chi connectivity index (χ4v) is 9.83. The van der Waals surface area contributed by atoms with E-state index in [2.05, 4.69) is 72.8 Å². The van der Waals surface area contributed by atoms with Gasteiger partial charge in [0.2, 0.25) is 0 Å². The van der Waals surface area contributed by atoms with Gasteiger partial charge in [0.05, 0.1) is 32.2 Å². The quantitative estimate of drug-likeness (QED) is 0.0577. The summed E-state index contributed by atoms with van der Waals surface area (Å²) in [6.45, 7) is 6.33. The van der Waals surface area contributed by atoms with E-state index in [0.717, 1.165) is 43.6 Å². The van der Waals surface area contributed by atoms with Crippen molar-refractivity contribution in [1.29, 1.82) is 0 Å². The first-order valence-electron chi connectivity index (χ1n) is 18.6. The number of aldehydes is 1. The normalized spacial score (nSPS) is 11.4. The molecule has 0 amide bonds. The number of ether oxygens (including phenoxy) is 3. The predicted octanol–water partition coefficient (Wildman–Crippen LogP) is 7.08. The van der Waals surface area contributed by atoms with E-state index in [-0.39, 0.29) is 48.3 Å². The average molecular weight is 900 g/mol. The van der Waals surface area contributed by atoms with E-state index in [1.54, 1.807) is 19.1 Å². The van der Waals surface area contributed by atoms with Crippen LogP contribution in [0.15, 0.2) is 133 Å². The fraction of sp³-hybridized carbons (Fsp3) is 0.255. The minimum atomic E-state index is -1.93. The smallest absolute Gasteiger partial charge is 0.309 e. The van der Waals surface area contributed by atoms with Crippen molar-refractivity contribution in [1.82, 2.24) is 0 Å². The Hall–Kier alpha value is -4.96. The van der Waals surface area contributed by atoms with Crippen molar-refractivity contribution in [2.24, 2.45) is 0 Å². The minimum Gasteiger partial charge on any atom is -1.00 e. The molecule has 1 saturated heterocycles. The van der Waals surface area contributed by atoms with E-state index >= 15 is 0 Å². The molecule has 5 aromatic rings. The van der Waals surface area contributed by atoms with Crippen molar-refractivity contribution in [2.45, 2.75) is 47.0 Å². The number of halogens is 5. The first kappa shape index (κ1) is 52.1. The highest BCUT2D eigenvalue weighted by Crippen LogP contribution is 2.55. The molecule has 0 N–H and O–H groups in total. The molecule has 12 heteroatoms. The number of hydrogen-bond acceptors (Lipinski definition) is 6. The molecule has 0 atom stereocenters. The van der Waals surface area contributed by atoms with Crippen LogP contribution in [0.4, 0.5) is 17.6 Å². The van der Waals surface area contributed by atoms with E-state index in [4.69, 9.17) is 14.2 Å². The second kappa shape index (κ2) is 29.3. The lowest BCUT2D eigenvalue weighted by Gasteiger charge is -2.27. The summed E-state index contributed by atoms with van der Waals surface area (Å²) in [6.07, 6.45) is 7.41. The summed E-state index contributed by atoms with van der Waals surface area (Å²) < 4.78 is 64.6. The molecule has 1 heterocycles. The minimum absolute atomic E-state index is 0. The zero-order valence-electron chi connectivity index (χ0n) is 32.5. The molecule has 0 aliphatic carbocycles. The van der Waals surface area contributed by atoms with Gasteiger partial charge in [-0.2, -0.15) is 0 Å². The van der Waals surface area contributed by atoms with Crippen LogP contribution in [-0.2, 0) is 23.8 Å². The van der Waals surface area contributed by atoms with Crippen LogP contribution in [0, 0.1) is 23.3 Å². The Bertz CT molecular complexity index is 1880. The number of esters is 2. The maximum atomic E-state index is 12.8. The monoisotopic (exact) mass is 898 g/mol. The molecule has 0 bridgehead atoms. The van der Waals surface area contributed by atoms with Gasteiger partial charge in [0, 0.05) is 18.8 Å². The maximum absolute atomic E-state index is 12.8. The Morgan fingerprint density at radius 2 is 1.05 bits per heavy atom. The highest BCUT2D eigenvalue weighted by Gasteiger charge is 2.45. The van der Waals surface area contributed by atoms with Crippen LogP contribution in [0.1, 0.15) is 62.9 Å². The van der Waals surface area contributed by atoms with Crippen molar-refractivity contribution in [3.05, 3.63) is 168 Å². The molecule has 0 saturated carbocycles. The van der Waals surface area contributed by atoms with Gasteiger partial charge in [-0.05, 0) is 99.0 Å². The lowest BCUT2D eigenvalue weighted by atomic mass is 10.2. The first-order valence-corrected chi connectivity index (χ1v) is 20.6. The van der Waals surface area contributed by atoms with Crippen molar-refractivity contribution in [3.63, 3.8) is 0 Å². The molecule has 316 valence electrons. The molecule has 0 spiro atoms. The van der Waals surface area contributed by atoms with Crippen LogP contribution >= 0.6 is 7.26 Å². The Morgan fingerprint density at radius 3 is 1.44 bits per heavy atom.